The summed E-state index contributed by atoms with van der Waals surface area (Å²) >= 11 is 0. The van der Waals surface area contributed by atoms with E-state index in [0.29, 0.717) is 49.9 Å². The van der Waals surface area contributed by atoms with E-state index >= 15 is 0 Å². The summed E-state index contributed by atoms with van der Waals surface area (Å²) in [5.74, 6) is 0.450. The standard InChI is InChI=1S/C26H29N9O/c1-3-28-13-19-14-29-15-21(17(19)2)18-4-5-22-20(12-18)24(33-32-22)25-30-16-23(31-25)26(36)35-10-8-34(7-6-27)9-11-35/h4-5,12,14-16,28H,3,7-11,13H2,1-2H3,(H,30,31)(H,32,33). The van der Waals surface area contributed by atoms with Gasteiger partial charge >= 0.3 is 0 Å². The van der Waals surface area contributed by atoms with Crippen molar-refractivity contribution in [3.63, 3.8) is 0 Å². The number of hydrogen-bond acceptors (Lipinski definition) is 7. The third-order valence-electron chi connectivity index (χ3n) is 6.74. The molecule has 1 aliphatic rings. The number of H-pyrrole nitrogens is 2. The molecule has 0 aliphatic carbocycles. The Hall–Kier alpha value is -4.07. The predicted molar refractivity (Wildman–Crippen MR) is 137 cm³/mol. The van der Waals surface area contributed by atoms with Crippen LogP contribution in [-0.2, 0) is 6.54 Å². The molecule has 4 aromatic rings. The van der Waals surface area contributed by atoms with Gasteiger partial charge in [-0.2, -0.15) is 10.4 Å². The van der Waals surface area contributed by atoms with Gasteiger partial charge in [0.1, 0.15) is 11.4 Å². The fourth-order valence-corrected chi connectivity index (χ4v) is 4.59. The van der Waals surface area contributed by atoms with Crippen molar-refractivity contribution in [1.29, 1.82) is 5.26 Å². The Balaban J connectivity index is 1.40. The molecule has 0 radical (unpaired) electrons. The molecule has 1 fully saturated rings. The molecule has 10 nitrogen and oxygen atoms in total. The molecule has 36 heavy (non-hydrogen) atoms. The fraction of sp³-hybridized carbons (Fsp3) is 0.346. The Morgan fingerprint density at radius 3 is 2.81 bits per heavy atom. The number of hydrogen-bond donors (Lipinski definition) is 3. The molecule has 0 spiro atoms. The van der Waals surface area contributed by atoms with E-state index in [2.05, 4.69) is 62.5 Å². The second-order valence-corrected chi connectivity index (χ2v) is 8.96. The van der Waals surface area contributed by atoms with Crippen molar-refractivity contribution in [2.45, 2.75) is 20.4 Å². The minimum Gasteiger partial charge on any atom is -0.335 e. The number of nitrogens with one attached hydrogen (secondary N) is 3. The fourth-order valence-electron chi connectivity index (χ4n) is 4.59. The Morgan fingerprint density at radius 1 is 1.19 bits per heavy atom. The van der Waals surface area contributed by atoms with Crippen LogP contribution in [0.15, 0.2) is 36.8 Å². The summed E-state index contributed by atoms with van der Waals surface area (Å²) in [4.78, 5) is 29.0. The van der Waals surface area contributed by atoms with Crippen molar-refractivity contribution >= 4 is 16.8 Å². The van der Waals surface area contributed by atoms with E-state index in [-0.39, 0.29) is 5.91 Å². The first-order chi connectivity index (χ1) is 17.6. The topological polar surface area (TPSA) is 130 Å². The van der Waals surface area contributed by atoms with Crippen LogP contribution in [-0.4, -0.2) is 80.1 Å². The average molecular weight is 484 g/mol. The number of carbonyl (C=O) groups excluding carboxylic acids is 1. The van der Waals surface area contributed by atoms with Crippen LogP contribution in [0.3, 0.4) is 0 Å². The molecule has 1 aliphatic heterocycles. The van der Waals surface area contributed by atoms with Crippen LogP contribution in [0.4, 0.5) is 0 Å². The van der Waals surface area contributed by atoms with Gasteiger partial charge in [0.05, 0.1) is 24.3 Å². The van der Waals surface area contributed by atoms with Crippen LogP contribution in [0.25, 0.3) is 33.5 Å². The third kappa shape index (κ3) is 4.58. The molecular weight excluding hydrogens is 454 g/mol. The molecule has 184 valence electrons. The summed E-state index contributed by atoms with van der Waals surface area (Å²) in [6.07, 6.45) is 5.38. The number of nitrogens with zero attached hydrogens (tertiary/aromatic N) is 6. The van der Waals surface area contributed by atoms with Crippen LogP contribution in [0, 0.1) is 18.3 Å². The van der Waals surface area contributed by atoms with Crippen molar-refractivity contribution in [2.24, 2.45) is 0 Å². The SMILES string of the molecule is CCNCc1cncc(-c2ccc3[nH]nc(-c4ncc(C(=O)N5CCN(CC#N)CC5)[nH]4)c3c2)c1C. The minimum absolute atomic E-state index is 0.0925. The number of aromatic nitrogens is 5. The number of pyridine rings is 1. The molecule has 0 unspecified atom stereocenters. The van der Waals surface area contributed by atoms with Crippen molar-refractivity contribution in [3.05, 3.63) is 53.6 Å². The molecule has 4 heterocycles. The summed E-state index contributed by atoms with van der Waals surface area (Å²) in [6, 6.07) is 8.33. The lowest BCUT2D eigenvalue weighted by atomic mass is 9.98. The highest BCUT2D eigenvalue weighted by atomic mass is 16.2. The normalized spacial score (nSPS) is 14.3. The lowest BCUT2D eigenvalue weighted by Gasteiger charge is -2.33. The highest BCUT2D eigenvalue weighted by Gasteiger charge is 2.24. The molecule has 3 aromatic heterocycles. The van der Waals surface area contributed by atoms with Crippen molar-refractivity contribution in [1.82, 2.24) is 40.3 Å². The molecular formula is C26H29N9O. The van der Waals surface area contributed by atoms with Crippen LogP contribution in [0.5, 0.6) is 0 Å². The summed E-state index contributed by atoms with van der Waals surface area (Å²) < 4.78 is 0. The zero-order valence-electron chi connectivity index (χ0n) is 20.5. The zero-order valence-corrected chi connectivity index (χ0v) is 20.5. The Morgan fingerprint density at radius 2 is 2.03 bits per heavy atom. The molecule has 0 bridgehead atoms. The first-order valence-electron chi connectivity index (χ1n) is 12.2. The van der Waals surface area contributed by atoms with E-state index in [0.717, 1.165) is 35.1 Å². The number of benzene rings is 1. The lowest BCUT2D eigenvalue weighted by molar-refractivity contribution is 0.0646. The summed E-state index contributed by atoms with van der Waals surface area (Å²) in [5, 5.41) is 20.7. The molecule has 10 heteroatoms. The summed E-state index contributed by atoms with van der Waals surface area (Å²) in [5.41, 5.74) is 6.47. The van der Waals surface area contributed by atoms with Crippen LogP contribution in [0.1, 0.15) is 28.5 Å². The van der Waals surface area contributed by atoms with E-state index in [4.69, 9.17) is 5.26 Å². The first-order valence-corrected chi connectivity index (χ1v) is 12.2. The van der Waals surface area contributed by atoms with Crippen LogP contribution in [0.2, 0.25) is 0 Å². The summed E-state index contributed by atoms with van der Waals surface area (Å²) in [7, 11) is 0. The average Bonchev–Trinajstić information content (AvgIpc) is 3.55. The van der Waals surface area contributed by atoms with Gasteiger partial charge in [0.2, 0.25) is 0 Å². The first kappa shape index (κ1) is 23.7. The van der Waals surface area contributed by atoms with Gasteiger partial charge in [-0.25, -0.2) is 4.98 Å². The number of piperazine rings is 1. The molecule has 1 aromatic carbocycles. The largest absolute Gasteiger partial charge is 0.335 e. The van der Waals surface area contributed by atoms with E-state index in [9.17, 15) is 4.79 Å². The summed E-state index contributed by atoms with van der Waals surface area (Å²) in [6.45, 7) is 8.83. The minimum atomic E-state index is -0.0925. The number of aromatic amines is 2. The molecule has 0 atom stereocenters. The maximum absolute atomic E-state index is 13.0. The third-order valence-corrected chi connectivity index (χ3v) is 6.74. The number of carbonyl (C=O) groups is 1. The lowest BCUT2D eigenvalue weighted by Crippen LogP contribution is -2.48. The quantitative estimate of drug-likeness (QED) is 0.345. The van der Waals surface area contributed by atoms with Gasteiger partial charge in [-0.05, 0) is 42.3 Å². The smallest absolute Gasteiger partial charge is 0.272 e. The second-order valence-electron chi connectivity index (χ2n) is 8.96. The van der Waals surface area contributed by atoms with Gasteiger partial charge in [-0.3, -0.25) is 19.8 Å². The molecule has 1 amide bonds. The van der Waals surface area contributed by atoms with Gasteiger partial charge in [0.25, 0.3) is 5.91 Å². The molecule has 3 N–H and O–H groups in total. The van der Waals surface area contributed by atoms with E-state index < -0.39 is 0 Å². The van der Waals surface area contributed by atoms with E-state index in [1.165, 1.54) is 11.1 Å². The molecule has 5 rings (SSSR count). The predicted octanol–water partition coefficient (Wildman–Crippen LogP) is 2.71. The van der Waals surface area contributed by atoms with Gasteiger partial charge in [-0.1, -0.05) is 13.0 Å². The Bertz CT molecular complexity index is 1420. The van der Waals surface area contributed by atoms with Gasteiger partial charge in [0.15, 0.2) is 5.82 Å². The Kier molecular flexibility index (Phi) is 6.75. The number of nitriles is 1. The maximum atomic E-state index is 13.0. The molecule has 0 saturated carbocycles. The van der Waals surface area contributed by atoms with Crippen molar-refractivity contribution in [3.8, 4) is 28.7 Å². The monoisotopic (exact) mass is 483 g/mol. The zero-order chi connectivity index (χ0) is 25.1. The Labute approximate surface area is 209 Å². The highest BCUT2D eigenvalue weighted by Crippen LogP contribution is 2.31. The van der Waals surface area contributed by atoms with E-state index in [1.54, 1.807) is 11.1 Å². The van der Waals surface area contributed by atoms with Gasteiger partial charge < -0.3 is 15.2 Å². The van der Waals surface area contributed by atoms with Crippen LogP contribution >= 0.6 is 0 Å². The number of fused-ring (bicyclic) bond motifs is 1. The number of imidazole rings is 1. The van der Waals surface area contributed by atoms with Gasteiger partial charge in [0, 0.05) is 56.1 Å². The number of rotatable bonds is 7. The second kappa shape index (κ2) is 10.3. The van der Waals surface area contributed by atoms with Crippen molar-refractivity contribution in [2.75, 3.05) is 39.3 Å². The van der Waals surface area contributed by atoms with Gasteiger partial charge in [-0.15, -0.1) is 0 Å². The van der Waals surface area contributed by atoms with Crippen LogP contribution < -0.4 is 5.32 Å². The molecule has 1 saturated heterocycles. The maximum Gasteiger partial charge on any atom is 0.272 e. The highest BCUT2D eigenvalue weighted by molar-refractivity contribution is 5.96. The van der Waals surface area contributed by atoms with Crippen molar-refractivity contribution < 1.29 is 4.79 Å². The number of amides is 1. The van der Waals surface area contributed by atoms with E-state index in [1.807, 2.05) is 23.4 Å².